The monoisotopic (exact) mass is 237 g/mol. The number of nitrogens with one attached hydrogen (secondary N) is 1. The molecule has 0 fully saturated rings. The van der Waals surface area contributed by atoms with Gasteiger partial charge in [0.2, 0.25) is 5.95 Å². The van der Waals surface area contributed by atoms with E-state index in [-0.39, 0.29) is 24.1 Å². The lowest BCUT2D eigenvalue weighted by Crippen LogP contribution is -2.26. The van der Waals surface area contributed by atoms with Gasteiger partial charge in [0.25, 0.3) is 0 Å². The Morgan fingerprint density at radius 3 is 2.56 bits per heavy atom. The molecule has 1 rings (SSSR count). The van der Waals surface area contributed by atoms with Crippen LogP contribution in [-0.2, 0) is 0 Å². The van der Waals surface area contributed by atoms with Gasteiger partial charge >= 0.3 is 0 Å². The van der Waals surface area contributed by atoms with Crippen LogP contribution in [-0.4, -0.2) is 23.1 Å². The zero-order valence-electron chi connectivity index (χ0n) is 8.18. The minimum Gasteiger partial charge on any atom is -0.329 e. The molecule has 0 unspecified atom stereocenters. The maximum absolute atomic E-state index is 8.61. The average Bonchev–Trinajstić information content (AvgIpc) is 2.29. The topological polar surface area (TPSA) is 115 Å². The van der Waals surface area contributed by atoms with Crippen LogP contribution in [0.4, 0.5) is 11.8 Å². The molecule has 0 saturated heterocycles. The Morgan fingerprint density at radius 1 is 1.44 bits per heavy atom. The number of aromatic nitrogens is 2. The molecule has 1 aromatic heterocycles. The van der Waals surface area contributed by atoms with Crippen molar-refractivity contribution in [2.45, 2.75) is 0 Å². The van der Waals surface area contributed by atoms with Gasteiger partial charge in [0.05, 0.1) is 18.3 Å². The van der Waals surface area contributed by atoms with Crippen LogP contribution in [0.15, 0.2) is 6.20 Å². The summed E-state index contributed by atoms with van der Waals surface area (Å²) >= 11 is 5.87. The summed E-state index contributed by atoms with van der Waals surface area (Å²) in [6.07, 6.45) is 1.35. The number of nitrogens with two attached hydrogens (primary N) is 1. The molecule has 3 N–H and O–H groups in total. The van der Waals surface area contributed by atoms with Gasteiger partial charge in [0.15, 0.2) is 5.82 Å². The van der Waals surface area contributed by atoms with Crippen LogP contribution in [0.3, 0.4) is 0 Å². The second-order valence-corrected chi connectivity index (χ2v) is 3.09. The Labute approximate surface area is 97.0 Å². The fourth-order valence-electron chi connectivity index (χ4n) is 1.03. The van der Waals surface area contributed by atoms with E-state index in [4.69, 9.17) is 28.0 Å². The number of hydrazine groups is 1. The Kier molecular flexibility index (Phi) is 4.28. The number of hydrogen-bond acceptors (Lipinski definition) is 7. The first-order valence-electron chi connectivity index (χ1n) is 4.21. The van der Waals surface area contributed by atoms with E-state index >= 15 is 0 Å². The molecule has 1 aromatic rings. The third-order valence-electron chi connectivity index (χ3n) is 1.68. The molecule has 0 radical (unpaired) electrons. The number of nitriles is 2. The third-order valence-corrected chi connectivity index (χ3v) is 1.94. The van der Waals surface area contributed by atoms with E-state index in [2.05, 4.69) is 15.4 Å². The minimum atomic E-state index is 0.00824. The Balaban J connectivity index is 3.08. The molecule has 0 aliphatic heterocycles. The molecule has 0 bridgehead atoms. The molecule has 0 aromatic carbocycles. The summed E-state index contributed by atoms with van der Waals surface area (Å²) < 4.78 is 0. The van der Waals surface area contributed by atoms with Gasteiger partial charge in [-0.3, -0.25) is 5.43 Å². The SMILES string of the molecule is N#CCN(CC#N)c1nc(NN)ncc1Cl. The van der Waals surface area contributed by atoms with E-state index in [1.165, 1.54) is 11.1 Å². The van der Waals surface area contributed by atoms with Crippen molar-refractivity contribution in [1.82, 2.24) is 9.97 Å². The van der Waals surface area contributed by atoms with Crippen LogP contribution in [0, 0.1) is 22.7 Å². The van der Waals surface area contributed by atoms with Gasteiger partial charge in [-0.05, 0) is 0 Å². The van der Waals surface area contributed by atoms with Crippen LogP contribution in [0.2, 0.25) is 5.02 Å². The Hall–Kier alpha value is -2.09. The molecule has 1 heterocycles. The van der Waals surface area contributed by atoms with E-state index in [1.54, 1.807) is 0 Å². The maximum atomic E-state index is 8.61. The van der Waals surface area contributed by atoms with Crippen LogP contribution >= 0.6 is 11.6 Å². The molecular formula is C8H8ClN7. The molecule has 0 spiro atoms. The molecule has 0 aliphatic rings. The predicted octanol–water partition coefficient (Wildman–Crippen LogP) is 0.269. The van der Waals surface area contributed by atoms with Crippen molar-refractivity contribution in [3.8, 4) is 12.1 Å². The normalized spacial score (nSPS) is 9.00. The quantitative estimate of drug-likeness (QED) is 0.439. The van der Waals surface area contributed by atoms with E-state index in [9.17, 15) is 0 Å². The lowest BCUT2D eigenvalue weighted by atomic mass is 10.4. The largest absolute Gasteiger partial charge is 0.329 e. The van der Waals surface area contributed by atoms with Crippen molar-refractivity contribution in [3.63, 3.8) is 0 Å². The number of halogens is 1. The lowest BCUT2D eigenvalue weighted by Gasteiger charge is -2.18. The van der Waals surface area contributed by atoms with Crippen molar-refractivity contribution < 1.29 is 0 Å². The minimum absolute atomic E-state index is 0.00824. The predicted molar refractivity (Wildman–Crippen MR) is 58.3 cm³/mol. The molecule has 82 valence electrons. The molecule has 0 amide bonds. The van der Waals surface area contributed by atoms with Crippen molar-refractivity contribution >= 4 is 23.4 Å². The highest BCUT2D eigenvalue weighted by Gasteiger charge is 2.12. The molecule has 8 heteroatoms. The van der Waals surface area contributed by atoms with Crippen molar-refractivity contribution in [1.29, 1.82) is 10.5 Å². The molecule has 7 nitrogen and oxygen atoms in total. The fraction of sp³-hybridized carbons (Fsp3) is 0.250. The number of nitrogen functional groups attached to an aromatic ring is 1. The summed E-state index contributed by atoms with van der Waals surface area (Å²) in [5.74, 6) is 5.62. The molecule has 0 aliphatic carbocycles. The molecule has 0 saturated carbocycles. The van der Waals surface area contributed by atoms with Gasteiger partial charge in [0.1, 0.15) is 18.1 Å². The van der Waals surface area contributed by atoms with Crippen LogP contribution < -0.4 is 16.2 Å². The maximum Gasteiger partial charge on any atom is 0.239 e. The molecular weight excluding hydrogens is 230 g/mol. The van der Waals surface area contributed by atoms with Crippen LogP contribution in [0.25, 0.3) is 0 Å². The smallest absolute Gasteiger partial charge is 0.239 e. The summed E-state index contributed by atoms with van der Waals surface area (Å²) in [5, 5.41) is 17.5. The van der Waals surface area contributed by atoms with Crippen molar-refractivity contribution in [2.24, 2.45) is 5.84 Å². The first-order valence-corrected chi connectivity index (χ1v) is 4.58. The van der Waals surface area contributed by atoms with Gasteiger partial charge < -0.3 is 4.90 Å². The zero-order valence-corrected chi connectivity index (χ0v) is 8.94. The highest BCUT2D eigenvalue weighted by molar-refractivity contribution is 6.32. The number of nitrogens with zero attached hydrogens (tertiary/aromatic N) is 5. The number of hydrogen-bond donors (Lipinski definition) is 2. The van der Waals surface area contributed by atoms with E-state index < -0.39 is 0 Å². The van der Waals surface area contributed by atoms with Gasteiger partial charge in [-0.15, -0.1) is 0 Å². The van der Waals surface area contributed by atoms with Gasteiger partial charge in [-0.25, -0.2) is 10.8 Å². The van der Waals surface area contributed by atoms with Crippen LogP contribution in [0.1, 0.15) is 0 Å². The van der Waals surface area contributed by atoms with E-state index in [1.807, 2.05) is 12.1 Å². The fourth-order valence-corrected chi connectivity index (χ4v) is 1.24. The Morgan fingerprint density at radius 2 is 2.06 bits per heavy atom. The van der Waals surface area contributed by atoms with E-state index in [0.29, 0.717) is 5.82 Å². The zero-order chi connectivity index (χ0) is 12.0. The summed E-state index contributed by atoms with van der Waals surface area (Å²) in [6.45, 7) is 0.0165. The molecule has 0 atom stereocenters. The third kappa shape index (κ3) is 2.70. The van der Waals surface area contributed by atoms with Crippen LogP contribution in [0.5, 0.6) is 0 Å². The lowest BCUT2D eigenvalue weighted by molar-refractivity contribution is 0.925. The van der Waals surface area contributed by atoms with Crippen molar-refractivity contribution in [3.05, 3.63) is 11.2 Å². The first kappa shape index (κ1) is 12.0. The Bertz CT molecular complexity index is 431. The second kappa shape index (κ2) is 5.71. The second-order valence-electron chi connectivity index (χ2n) is 2.68. The highest BCUT2D eigenvalue weighted by atomic mass is 35.5. The van der Waals surface area contributed by atoms with E-state index in [0.717, 1.165) is 0 Å². The van der Waals surface area contributed by atoms with Gasteiger partial charge in [0, 0.05) is 0 Å². The van der Waals surface area contributed by atoms with Gasteiger partial charge in [-0.1, -0.05) is 11.6 Å². The number of anilines is 2. The summed E-state index contributed by atoms with van der Waals surface area (Å²) in [5.41, 5.74) is 2.26. The summed E-state index contributed by atoms with van der Waals surface area (Å²) in [6, 6.07) is 3.84. The average molecular weight is 238 g/mol. The summed E-state index contributed by atoms with van der Waals surface area (Å²) in [7, 11) is 0. The van der Waals surface area contributed by atoms with Crippen molar-refractivity contribution in [2.75, 3.05) is 23.4 Å². The molecule has 16 heavy (non-hydrogen) atoms. The standard InChI is InChI=1S/C8H8ClN7/c9-6-5-13-8(15-12)14-7(6)16(3-1-10)4-2-11/h5H,3-4,12H2,(H,13,14,15). The highest BCUT2D eigenvalue weighted by Crippen LogP contribution is 2.22. The number of rotatable bonds is 4. The summed E-state index contributed by atoms with van der Waals surface area (Å²) in [4.78, 5) is 9.18. The first-order chi connectivity index (χ1) is 7.72. The van der Waals surface area contributed by atoms with Gasteiger partial charge in [-0.2, -0.15) is 15.5 Å².